The van der Waals surface area contributed by atoms with E-state index in [0.29, 0.717) is 17.8 Å². The molecule has 9 heteroatoms. The fraction of sp³-hybridized carbons (Fsp3) is 0.440. The number of hydrogen-bond acceptors (Lipinski definition) is 4. The second-order valence-electron chi connectivity index (χ2n) is 8.99. The van der Waals surface area contributed by atoms with Gasteiger partial charge in [-0.15, -0.1) is 0 Å². The average Bonchev–Trinajstić information content (AvgIpc) is 2.74. The average molecular weight is 492 g/mol. The Morgan fingerprint density at radius 1 is 1.06 bits per heavy atom. The normalized spacial score (nSPS) is 12.4. The molecular formula is C25H34FN3O4S. The first kappa shape index (κ1) is 27.3. The Morgan fingerprint density at radius 2 is 1.71 bits per heavy atom. The van der Waals surface area contributed by atoms with E-state index in [2.05, 4.69) is 5.32 Å². The van der Waals surface area contributed by atoms with E-state index < -0.39 is 40.2 Å². The van der Waals surface area contributed by atoms with Gasteiger partial charge in [0.25, 0.3) is 0 Å². The molecule has 0 unspecified atom stereocenters. The molecule has 7 nitrogen and oxygen atoms in total. The predicted octanol–water partition coefficient (Wildman–Crippen LogP) is 3.40. The van der Waals surface area contributed by atoms with E-state index in [4.69, 9.17) is 0 Å². The molecule has 0 heterocycles. The predicted molar refractivity (Wildman–Crippen MR) is 132 cm³/mol. The molecule has 186 valence electrons. The molecule has 0 bridgehead atoms. The fourth-order valence-electron chi connectivity index (χ4n) is 3.53. The van der Waals surface area contributed by atoms with Gasteiger partial charge in [0.2, 0.25) is 21.8 Å². The van der Waals surface area contributed by atoms with Crippen molar-refractivity contribution in [3.05, 3.63) is 65.0 Å². The second-order valence-corrected chi connectivity index (χ2v) is 10.9. The van der Waals surface area contributed by atoms with Crippen LogP contribution in [0.3, 0.4) is 0 Å². The van der Waals surface area contributed by atoms with Gasteiger partial charge in [0.1, 0.15) is 18.4 Å². The molecule has 2 aromatic carbocycles. The molecule has 0 saturated heterocycles. The Hall–Kier alpha value is -2.94. The number of rotatable bonds is 10. The van der Waals surface area contributed by atoms with Crippen LogP contribution in [-0.2, 0) is 26.2 Å². The lowest BCUT2D eigenvalue weighted by Gasteiger charge is -2.32. The molecule has 2 rings (SSSR count). The first-order valence-corrected chi connectivity index (χ1v) is 13.0. The van der Waals surface area contributed by atoms with E-state index in [1.54, 1.807) is 32.0 Å². The largest absolute Gasteiger partial charge is 0.354 e. The van der Waals surface area contributed by atoms with Crippen LogP contribution in [0.4, 0.5) is 10.1 Å². The molecule has 0 aliphatic carbocycles. The number of carbonyl (C=O) groups excluding carboxylic acids is 2. The molecule has 0 aliphatic heterocycles. The minimum atomic E-state index is -3.82. The first-order valence-electron chi connectivity index (χ1n) is 11.2. The van der Waals surface area contributed by atoms with Crippen molar-refractivity contribution in [2.45, 2.75) is 47.2 Å². The number of anilines is 1. The zero-order chi connectivity index (χ0) is 25.6. The van der Waals surface area contributed by atoms with Crippen LogP contribution in [0, 0.1) is 25.6 Å². The zero-order valence-electron chi connectivity index (χ0n) is 20.6. The lowest BCUT2D eigenvalue weighted by Crippen LogP contribution is -2.51. The molecule has 0 fully saturated rings. The Bertz CT molecular complexity index is 1130. The number of halogens is 1. The molecule has 1 N–H and O–H groups in total. The van der Waals surface area contributed by atoms with Crippen molar-refractivity contribution in [3.8, 4) is 0 Å². The van der Waals surface area contributed by atoms with Gasteiger partial charge in [-0.3, -0.25) is 13.9 Å². The van der Waals surface area contributed by atoms with Crippen molar-refractivity contribution in [2.24, 2.45) is 5.92 Å². The maximum atomic E-state index is 14.4. The van der Waals surface area contributed by atoms with Crippen molar-refractivity contribution < 1.29 is 22.4 Å². The van der Waals surface area contributed by atoms with E-state index in [0.717, 1.165) is 16.1 Å². The summed E-state index contributed by atoms with van der Waals surface area (Å²) in [6, 6.07) is 10.3. The summed E-state index contributed by atoms with van der Waals surface area (Å²) in [6.45, 7) is 8.83. The quantitative estimate of drug-likeness (QED) is 0.552. The molecule has 1 atom stereocenters. The van der Waals surface area contributed by atoms with Crippen molar-refractivity contribution in [1.82, 2.24) is 10.2 Å². The fourth-order valence-corrected chi connectivity index (χ4v) is 4.43. The van der Waals surface area contributed by atoms with Gasteiger partial charge in [-0.2, -0.15) is 0 Å². The minimum Gasteiger partial charge on any atom is -0.354 e. The summed E-state index contributed by atoms with van der Waals surface area (Å²) in [6.07, 6.45) is 1.03. The van der Waals surface area contributed by atoms with Crippen LogP contribution in [0.25, 0.3) is 0 Å². The van der Waals surface area contributed by atoms with Gasteiger partial charge >= 0.3 is 0 Å². The highest BCUT2D eigenvalue weighted by molar-refractivity contribution is 7.92. The highest BCUT2D eigenvalue weighted by atomic mass is 32.2. The lowest BCUT2D eigenvalue weighted by molar-refractivity contribution is -0.139. The van der Waals surface area contributed by atoms with E-state index in [-0.39, 0.29) is 18.0 Å². The van der Waals surface area contributed by atoms with Crippen molar-refractivity contribution in [2.75, 3.05) is 23.7 Å². The van der Waals surface area contributed by atoms with Crippen LogP contribution in [0.1, 0.15) is 37.5 Å². The summed E-state index contributed by atoms with van der Waals surface area (Å²) < 4.78 is 40.7. The van der Waals surface area contributed by atoms with Crippen LogP contribution in [0.2, 0.25) is 0 Å². The second kappa shape index (κ2) is 11.5. The zero-order valence-corrected chi connectivity index (χ0v) is 21.4. The summed E-state index contributed by atoms with van der Waals surface area (Å²) in [4.78, 5) is 27.5. The van der Waals surface area contributed by atoms with Gasteiger partial charge in [0, 0.05) is 18.7 Å². The molecule has 0 spiro atoms. The SMILES string of the molecule is Cc1ccc(N(CC(=O)N(Cc2ccccc2F)[C@H](C)C(=O)NCC(C)C)S(C)(=O)=O)c(C)c1. The minimum absolute atomic E-state index is 0.174. The molecule has 0 aliphatic rings. The number of hydrogen-bond donors (Lipinski definition) is 1. The summed E-state index contributed by atoms with van der Waals surface area (Å²) >= 11 is 0. The number of aryl methyl sites for hydroxylation is 2. The van der Waals surface area contributed by atoms with Crippen LogP contribution in [0.15, 0.2) is 42.5 Å². The van der Waals surface area contributed by atoms with Gasteiger partial charge in [-0.25, -0.2) is 12.8 Å². The van der Waals surface area contributed by atoms with Crippen molar-refractivity contribution in [3.63, 3.8) is 0 Å². The molecule has 0 saturated carbocycles. The third kappa shape index (κ3) is 7.28. The van der Waals surface area contributed by atoms with Crippen LogP contribution in [-0.4, -0.2) is 50.5 Å². The number of benzene rings is 2. The van der Waals surface area contributed by atoms with E-state index in [9.17, 15) is 22.4 Å². The number of amides is 2. The standard InChI is InChI=1S/C25H34FN3O4S/c1-17(2)14-27-25(31)20(5)28(15-21-9-7-8-10-22(21)26)24(30)16-29(34(6,32)33)23-12-11-18(3)13-19(23)4/h7-13,17,20H,14-16H2,1-6H3,(H,27,31)/t20-/m1/s1. The van der Waals surface area contributed by atoms with Gasteiger partial charge in [0.15, 0.2) is 0 Å². The highest BCUT2D eigenvalue weighted by Gasteiger charge is 2.31. The molecular weight excluding hydrogens is 457 g/mol. The number of sulfonamides is 1. The number of nitrogens with zero attached hydrogens (tertiary/aromatic N) is 2. The highest BCUT2D eigenvalue weighted by Crippen LogP contribution is 2.24. The Morgan fingerprint density at radius 3 is 2.26 bits per heavy atom. The lowest BCUT2D eigenvalue weighted by atomic mass is 10.1. The Balaban J connectivity index is 2.41. The summed E-state index contributed by atoms with van der Waals surface area (Å²) in [5.41, 5.74) is 2.26. The molecule has 2 amide bonds. The topological polar surface area (TPSA) is 86.8 Å². The Labute approximate surface area is 202 Å². The molecule has 2 aromatic rings. The van der Waals surface area contributed by atoms with Crippen LogP contribution < -0.4 is 9.62 Å². The number of nitrogens with one attached hydrogen (secondary N) is 1. The van der Waals surface area contributed by atoms with Gasteiger partial charge in [-0.1, -0.05) is 49.7 Å². The van der Waals surface area contributed by atoms with Crippen molar-refractivity contribution in [1.29, 1.82) is 0 Å². The third-order valence-corrected chi connectivity index (χ3v) is 6.58. The maximum absolute atomic E-state index is 14.4. The summed E-state index contributed by atoms with van der Waals surface area (Å²) in [5, 5.41) is 2.79. The first-order chi connectivity index (χ1) is 15.8. The molecule has 0 aromatic heterocycles. The Kier molecular flexibility index (Phi) is 9.21. The summed E-state index contributed by atoms with van der Waals surface area (Å²) in [7, 11) is -3.82. The van der Waals surface area contributed by atoms with Crippen molar-refractivity contribution >= 4 is 27.5 Å². The van der Waals surface area contributed by atoms with E-state index in [1.165, 1.54) is 23.1 Å². The number of carbonyl (C=O) groups is 2. The van der Waals surface area contributed by atoms with E-state index in [1.807, 2.05) is 26.8 Å². The van der Waals surface area contributed by atoms with Crippen LogP contribution in [0.5, 0.6) is 0 Å². The maximum Gasteiger partial charge on any atom is 0.244 e. The smallest absolute Gasteiger partial charge is 0.244 e. The van der Waals surface area contributed by atoms with Gasteiger partial charge < -0.3 is 10.2 Å². The molecule has 34 heavy (non-hydrogen) atoms. The summed E-state index contributed by atoms with van der Waals surface area (Å²) in [5.74, 6) is -1.31. The third-order valence-electron chi connectivity index (χ3n) is 5.45. The monoisotopic (exact) mass is 491 g/mol. The van der Waals surface area contributed by atoms with Gasteiger partial charge in [-0.05, 0) is 44.4 Å². The van der Waals surface area contributed by atoms with Gasteiger partial charge in [0.05, 0.1) is 11.9 Å². The molecule has 0 radical (unpaired) electrons. The van der Waals surface area contributed by atoms with Crippen LogP contribution >= 0.6 is 0 Å². The van der Waals surface area contributed by atoms with E-state index >= 15 is 0 Å².